The number of imide groups is 1. The Morgan fingerprint density at radius 2 is 1.95 bits per heavy atom. The van der Waals surface area contributed by atoms with Crippen LogP contribution in [0, 0.1) is 0 Å². The van der Waals surface area contributed by atoms with Crippen LogP contribution in [0.15, 0.2) is 24.3 Å². The number of amides is 3. The van der Waals surface area contributed by atoms with Gasteiger partial charge in [0.15, 0.2) is 6.04 Å². The Morgan fingerprint density at radius 3 is 2.59 bits per heavy atom. The maximum Gasteiger partial charge on any atom is 0.292 e. The molecule has 116 valence electrons. The van der Waals surface area contributed by atoms with E-state index in [-0.39, 0.29) is 24.3 Å². The molecular formula is C15H17ClN3O3+. The van der Waals surface area contributed by atoms with Crippen LogP contribution in [-0.2, 0) is 14.4 Å². The Morgan fingerprint density at radius 1 is 1.23 bits per heavy atom. The molecule has 2 aliphatic heterocycles. The molecule has 1 aromatic rings. The highest BCUT2D eigenvalue weighted by molar-refractivity contribution is 6.31. The summed E-state index contributed by atoms with van der Waals surface area (Å²) in [6.45, 7) is 2.61. The summed E-state index contributed by atoms with van der Waals surface area (Å²) in [5.41, 5.74) is 0.524. The third kappa shape index (κ3) is 2.71. The first-order valence-corrected chi connectivity index (χ1v) is 7.64. The summed E-state index contributed by atoms with van der Waals surface area (Å²) in [7, 11) is 0. The van der Waals surface area contributed by atoms with Gasteiger partial charge in [0, 0.05) is 5.02 Å². The first-order chi connectivity index (χ1) is 10.6. The number of benzene rings is 1. The maximum absolute atomic E-state index is 12.6. The monoisotopic (exact) mass is 322 g/mol. The van der Waals surface area contributed by atoms with E-state index in [1.165, 1.54) is 4.90 Å². The number of nitrogens with zero attached hydrogens (tertiary/aromatic N) is 2. The molecule has 0 bridgehead atoms. The molecule has 2 saturated heterocycles. The van der Waals surface area contributed by atoms with Gasteiger partial charge in [0.2, 0.25) is 12.3 Å². The number of quaternary nitrogens is 1. The SMILES string of the molecule is O=CN1CC[NH+](C2CC(=O)N(c3cccc(Cl)c3)C2=O)CC1. The van der Waals surface area contributed by atoms with Crippen molar-refractivity contribution in [2.24, 2.45) is 0 Å². The molecule has 7 heteroatoms. The van der Waals surface area contributed by atoms with Crippen LogP contribution in [0.4, 0.5) is 5.69 Å². The molecule has 0 saturated carbocycles. The molecule has 2 fully saturated rings. The normalized spacial score (nSPS) is 23.2. The van der Waals surface area contributed by atoms with E-state index in [1.54, 1.807) is 29.2 Å². The number of nitrogens with one attached hydrogen (secondary N) is 1. The van der Waals surface area contributed by atoms with Gasteiger partial charge in [-0.3, -0.25) is 14.4 Å². The number of anilines is 1. The first-order valence-electron chi connectivity index (χ1n) is 7.26. The molecule has 0 radical (unpaired) electrons. The third-order valence-electron chi connectivity index (χ3n) is 4.30. The fraction of sp³-hybridized carbons (Fsp3) is 0.400. The molecular weight excluding hydrogens is 306 g/mol. The Hall–Kier alpha value is -1.92. The van der Waals surface area contributed by atoms with Crippen LogP contribution in [0.1, 0.15) is 6.42 Å². The largest absolute Gasteiger partial charge is 0.334 e. The summed E-state index contributed by atoms with van der Waals surface area (Å²) in [4.78, 5) is 39.6. The Bertz CT molecular complexity index is 614. The Labute approximate surface area is 133 Å². The standard InChI is InChI=1S/C15H16ClN3O3/c16-11-2-1-3-12(8-11)19-14(21)9-13(15(19)22)18-6-4-17(10-20)5-7-18/h1-3,8,10,13H,4-7,9H2/p+1. The van der Waals surface area contributed by atoms with Gasteiger partial charge in [0.25, 0.3) is 5.91 Å². The lowest BCUT2D eigenvalue weighted by molar-refractivity contribution is -0.918. The summed E-state index contributed by atoms with van der Waals surface area (Å²) in [5, 5.41) is 0.494. The zero-order valence-corrected chi connectivity index (χ0v) is 12.8. The molecule has 1 unspecified atom stereocenters. The van der Waals surface area contributed by atoms with Gasteiger partial charge in [-0.1, -0.05) is 17.7 Å². The molecule has 1 N–H and O–H groups in total. The smallest absolute Gasteiger partial charge is 0.292 e. The number of hydrogen-bond donors (Lipinski definition) is 1. The zero-order chi connectivity index (χ0) is 15.7. The van der Waals surface area contributed by atoms with Crippen molar-refractivity contribution in [1.82, 2.24) is 4.90 Å². The Balaban J connectivity index is 1.76. The van der Waals surface area contributed by atoms with Gasteiger partial charge >= 0.3 is 0 Å². The topological polar surface area (TPSA) is 62.1 Å². The van der Waals surface area contributed by atoms with Crippen molar-refractivity contribution >= 4 is 35.5 Å². The van der Waals surface area contributed by atoms with Crippen molar-refractivity contribution in [2.75, 3.05) is 31.1 Å². The average molecular weight is 323 g/mol. The molecule has 1 aromatic carbocycles. The lowest BCUT2D eigenvalue weighted by Crippen LogP contribution is -3.19. The van der Waals surface area contributed by atoms with E-state index < -0.39 is 0 Å². The van der Waals surface area contributed by atoms with Gasteiger partial charge < -0.3 is 9.80 Å². The van der Waals surface area contributed by atoms with Crippen molar-refractivity contribution in [2.45, 2.75) is 12.5 Å². The van der Waals surface area contributed by atoms with Crippen molar-refractivity contribution in [3.8, 4) is 0 Å². The fourth-order valence-electron chi connectivity index (χ4n) is 3.10. The quantitative estimate of drug-likeness (QED) is 0.593. The predicted octanol–water partition coefficient (Wildman–Crippen LogP) is -0.671. The van der Waals surface area contributed by atoms with Gasteiger partial charge in [-0.25, -0.2) is 4.90 Å². The number of piperazine rings is 1. The second-order valence-corrected chi connectivity index (χ2v) is 6.04. The zero-order valence-electron chi connectivity index (χ0n) is 12.0. The minimum atomic E-state index is -0.361. The van der Waals surface area contributed by atoms with E-state index >= 15 is 0 Å². The molecule has 0 aromatic heterocycles. The average Bonchev–Trinajstić information content (AvgIpc) is 2.82. The van der Waals surface area contributed by atoms with Crippen molar-refractivity contribution < 1.29 is 19.3 Å². The van der Waals surface area contributed by atoms with Crippen LogP contribution in [0.25, 0.3) is 0 Å². The Kier molecular flexibility index (Phi) is 4.13. The van der Waals surface area contributed by atoms with E-state index in [2.05, 4.69) is 0 Å². The van der Waals surface area contributed by atoms with Gasteiger partial charge in [-0.2, -0.15) is 0 Å². The highest BCUT2D eigenvalue weighted by Gasteiger charge is 2.46. The maximum atomic E-state index is 12.6. The molecule has 0 aliphatic carbocycles. The molecule has 22 heavy (non-hydrogen) atoms. The van der Waals surface area contributed by atoms with Gasteiger partial charge in [-0.15, -0.1) is 0 Å². The molecule has 1 atom stereocenters. The fourth-order valence-corrected chi connectivity index (χ4v) is 3.29. The van der Waals surface area contributed by atoms with Crippen molar-refractivity contribution in [1.29, 1.82) is 0 Å². The summed E-state index contributed by atoms with van der Waals surface area (Å²) < 4.78 is 0. The van der Waals surface area contributed by atoms with Crippen LogP contribution in [-0.4, -0.2) is 55.3 Å². The van der Waals surface area contributed by atoms with E-state index in [9.17, 15) is 14.4 Å². The van der Waals surface area contributed by atoms with E-state index in [0.717, 1.165) is 11.3 Å². The van der Waals surface area contributed by atoms with Gasteiger partial charge in [-0.05, 0) is 18.2 Å². The molecule has 3 rings (SSSR count). The molecule has 2 heterocycles. The first kappa shape index (κ1) is 15.0. The van der Waals surface area contributed by atoms with Gasteiger partial charge in [0.05, 0.1) is 38.3 Å². The van der Waals surface area contributed by atoms with E-state index in [4.69, 9.17) is 11.6 Å². The van der Waals surface area contributed by atoms with Crippen LogP contribution in [0.3, 0.4) is 0 Å². The lowest BCUT2D eigenvalue weighted by Gasteiger charge is -2.32. The summed E-state index contributed by atoms with van der Waals surface area (Å²) in [6, 6.07) is 6.40. The second kappa shape index (κ2) is 6.06. The molecule has 6 nitrogen and oxygen atoms in total. The highest BCUT2D eigenvalue weighted by atomic mass is 35.5. The second-order valence-electron chi connectivity index (χ2n) is 5.60. The minimum Gasteiger partial charge on any atom is -0.334 e. The number of halogens is 1. The third-order valence-corrected chi connectivity index (χ3v) is 4.53. The van der Waals surface area contributed by atoms with Crippen LogP contribution in [0.5, 0.6) is 0 Å². The molecule has 2 aliphatic rings. The highest BCUT2D eigenvalue weighted by Crippen LogP contribution is 2.24. The molecule has 3 amide bonds. The summed E-state index contributed by atoms with van der Waals surface area (Å²) >= 11 is 5.94. The van der Waals surface area contributed by atoms with Crippen LogP contribution < -0.4 is 9.80 Å². The van der Waals surface area contributed by atoms with Crippen LogP contribution in [0.2, 0.25) is 5.02 Å². The van der Waals surface area contributed by atoms with E-state index in [1.807, 2.05) is 0 Å². The van der Waals surface area contributed by atoms with Crippen molar-refractivity contribution in [3.05, 3.63) is 29.3 Å². The van der Waals surface area contributed by atoms with Crippen molar-refractivity contribution in [3.63, 3.8) is 0 Å². The van der Waals surface area contributed by atoms with E-state index in [0.29, 0.717) is 36.9 Å². The molecule has 0 spiro atoms. The minimum absolute atomic E-state index is 0.179. The summed E-state index contributed by atoms with van der Waals surface area (Å²) in [5.74, 6) is -0.371. The number of hydrogen-bond acceptors (Lipinski definition) is 3. The van der Waals surface area contributed by atoms with Gasteiger partial charge in [0.1, 0.15) is 0 Å². The lowest BCUT2D eigenvalue weighted by atomic mass is 10.2. The number of carbonyl (C=O) groups excluding carboxylic acids is 3. The number of rotatable bonds is 3. The van der Waals surface area contributed by atoms with Crippen LogP contribution >= 0.6 is 11.6 Å². The number of carbonyl (C=O) groups is 3. The summed E-state index contributed by atoms with van der Waals surface area (Å²) in [6.07, 6.45) is 1.04. The predicted molar refractivity (Wildman–Crippen MR) is 80.7 cm³/mol.